The van der Waals surface area contributed by atoms with E-state index in [1.165, 1.54) is 67.8 Å². The van der Waals surface area contributed by atoms with Gasteiger partial charge < -0.3 is 10.1 Å². The summed E-state index contributed by atoms with van der Waals surface area (Å²) in [6, 6.07) is 15.7. The van der Waals surface area contributed by atoms with Crippen molar-refractivity contribution < 1.29 is 31.1 Å². The summed E-state index contributed by atoms with van der Waals surface area (Å²) >= 11 is 0. The summed E-state index contributed by atoms with van der Waals surface area (Å²) in [5, 5.41) is 2.22. The van der Waals surface area contributed by atoms with Gasteiger partial charge in [0.15, 0.2) is 0 Å². The summed E-state index contributed by atoms with van der Waals surface area (Å²) in [4.78, 5) is 12.5. The number of methoxy groups -OCH3 is 1. The average Bonchev–Trinajstić information content (AvgIpc) is 2.73. The first-order valence-corrected chi connectivity index (χ1v) is 10.3. The Morgan fingerprint density at radius 3 is 2.26 bits per heavy atom. The first-order valence-electron chi connectivity index (χ1n) is 8.85. The normalized spacial score (nSPS) is 11.6. The monoisotopic (exact) mass is 450 g/mol. The molecule has 31 heavy (non-hydrogen) atoms. The molecular weight excluding hydrogens is 433 g/mol. The number of benzene rings is 3. The molecule has 0 radical (unpaired) electrons. The molecule has 0 saturated heterocycles. The second kappa shape index (κ2) is 8.68. The molecule has 0 aliphatic carbocycles. The SMILES string of the molecule is COc1ccc(S(=O)(=O)Nc2cccc(C(=O)Nc3ccccc3C(F)(F)F)c2)cc1. The lowest BCUT2D eigenvalue weighted by Crippen LogP contribution is -2.17. The minimum absolute atomic E-state index is 0.0214. The maximum Gasteiger partial charge on any atom is 0.418 e. The summed E-state index contributed by atoms with van der Waals surface area (Å²) < 4.78 is 71.8. The Balaban J connectivity index is 1.81. The van der Waals surface area contributed by atoms with Gasteiger partial charge in [-0.2, -0.15) is 13.2 Å². The number of hydrogen-bond acceptors (Lipinski definition) is 4. The smallest absolute Gasteiger partial charge is 0.418 e. The first kappa shape index (κ1) is 22.2. The molecule has 162 valence electrons. The van der Waals surface area contributed by atoms with Gasteiger partial charge in [0.1, 0.15) is 5.75 Å². The zero-order valence-corrected chi connectivity index (χ0v) is 16.9. The van der Waals surface area contributed by atoms with E-state index < -0.39 is 33.4 Å². The van der Waals surface area contributed by atoms with Gasteiger partial charge in [0.25, 0.3) is 15.9 Å². The Hall–Kier alpha value is -3.53. The van der Waals surface area contributed by atoms with Gasteiger partial charge in [-0.3, -0.25) is 9.52 Å². The number of anilines is 2. The van der Waals surface area contributed by atoms with Crippen LogP contribution in [0.15, 0.2) is 77.7 Å². The quantitative estimate of drug-likeness (QED) is 0.567. The van der Waals surface area contributed by atoms with Crippen LogP contribution in [0.5, 0.6) is 5.75 Å². The van der Waals surface area contributed by atoms with Crippen LogP contribution in [0.4, 0.5) is 24.5 Å². The highest BCUT2D eigenvalue weighted by Gasteiger charge is 2.33. The van der Waals surface area contributed by atoms with E-state index in [4.69, 9.17) is 4.74 Å². The molecule has 0 spiro atoms. The molecule has 0 atom stereocenters. The summed E-state index contributed by atoms with van der Waals surface area (Å²) in [6.45, 7) is 0. The van der Waals surface area contributed by atoms with Gasteiger partial charge in [0.05, 0.1) is 23.3 Å². The van der Waals surface area contributed by atoms with Gasteiger partial charge >= 0.3 is 6.18 Å². The van der Waals surface area contributed by atoms with Crippen molar-refractivity contribution in [3.05, 3.63) is 83.9 Å². The van der Waals surface area contributed by atoms with Gasteiger partial charge in [-0.05, 0) is 54.6 Å². The van der Waals surface area contributed by atoms with Crippen LogP contribution in [0, 0.1) is 0 Å². The fourth-order valence-corrected chi connectivity index (χ4v) is 3.78. The van der Waals surface area contributed by atoms with Crippen LogP contribution in [0.1, 0.15) is 15.9 Å². The van der Waals surface area contributed by atoms with Crippen molar-refractivity contribution in [1.82, 2.24) is 0 Å². The number of alkyl halides is 3. The lowest BCUT2D eigenvalue weighted by atomic mass is 10.1. The third-order valence-electron chi connectivity index (χ3n) is 4.23. The van der Waals surface area contributed by atoms with Crippen molar-refractivity contribution in [1.29, 1.82) is 0 Å². The fraction of sp³-hybridized carbons (Fsp3) is 0.0952. The molecule has 3 aromatic carbocycles. The molecule has 10 heteroatoms. The van der Waals surface area contributed by atoms with Gasteiger partial charge in [-0.1, -0.05) is 18.2 Å². The van der Waals surface area contributed by atoms with Crippen LogP contribution in [-0.4, -0.2) is 21.4 Å². The van der Waals surface area contributed by atoms with Gasteiger partial charge in [-0.15, -0.1) is 0 Å². The molecule has 0 heterocycles. The molecule has 0 aliphatic rings. The first-order chi connectivity index (χ1) is 14.6. The van der Waals surface area contributed by atoms with E-state index in [1.807, 2.05) is 0 Å². The number of amides is 1. The second-order valence-electron chi connectivity index (χ2n) is 6.36. The highest BCUT2D eigenvalue weighted by Crippen LogP contribution is 2.34. The number of carbonyl (C=O) groups excluding carboxylic acids is 1. The van der Waals surface area contributed by atoms with Crippen LogP contribution in [0.3, 0.4) is 0 Å². The maximum atomic E-state index is 13.1. The number of hydrogen-bond donors (Lipinski definition) is 2. The Morgan fingerprint density at radius 2 is 1.61 bits per heavy atom. The number of rotatable bonds is 6. The highest BCUT2D eigenvalue weighted by atomic mass is 32.2. The average molecular weight is 450 g/mol. The summed E-state index contributed by atoms with van der Waals surface area (Å²) in [5.41, 5.74) is -1.33. The predicted octanol–water partition coefficient (Wildman–Crippen LogP) is 4.77. The molecule has 0 saturated carbocycles. The van der Waals surface area contributed by atoms with Crippen molar-refractivity contribution in [3.63, 3.8) is 0 Å². The van der Waals surface area contributed by atoms with Crippen LogP contribution < -0.4 is 14.8 Å². The van der Waals surface area contributed by atoms with Crippen LogP contribution in [-0.2, 0) is 16.2 Å². The van der Waals surface area contributed by atoms with E-state index in [0.29, 0.717) is 5.75 Å². The zero-order chi connectivity index (χ0) is 22.6. The lowest BCUT2D eigenvalue weighted by Gasteiger charge is -2.14. The second-order valence-corrected chi connectivity index (χ2v) is 8.04. The highest BCUT2D eigenvalue weighted by molar-refractivity contribution is 7.92. The van der Waals surface area contributed by atoms with Crippen LogP contribution in [0.2, 0.25) is 0 Å². The Morgan fingerprint density at radius 1 is 0.935 bits per heavy atom. The molecular formula is C21H17F3N2O4S. The van der Waals surface area contributed by atoms with Crippen molar-refractivity contribution in [2.45, 2.75) is 11.1 Å². The number of carbonyl (C=O) groups is 1. The minimum atomic E-state index is -4.64. The molecule has 1 amide bonds. The maximum absolute atomic E-state index is 13.1. The number of halogens is 3. The minimum Gasteiger partial charge on any atom is -0.497 e. The molecule has 6 nitrogen and oxygen atoms in total. The molecule has 0 aromatic heterocycles. The van der Waals surface area contributed by atoms with Crippen LogP contribution in [0.25, 0.3) is 0 Å². The fourth-order valence-electron chi connectivity index (χ4n) is 2.73. The Labute approximate surface area is 176 Å². The van der Waals surface area contributed by atoms with Gasteiger partial charge in [-0.25, -0.2) is 8.42 Å². The van der Waals surface area contributed by atoms with E-state index in [-0.39, 0.29) is 16.1 Å². The number of sulfonamides is 1. The molecule has 3 rings (SSSR count). The largest absolute Gasteiger partial charge is 0.497 e. The number of nitrogens with one attached hydrogen (secondary N) is 2. The van der Waals surface area contributed by atoms with E-state index in [2.05, 4.69) is 10.0 Å². The molecule has 0 unspecified atom stereocenters. The Bertz CT molecular complexity index is 1190. The van der Waals surface area contributed by atoms with Crippen molar-refractivity contribution in [2.75, 3.05) is 17.1 Å². The van der Waals surface area contributed by atoms with Crippen molar-refractivity contribution in [3.8, 4) is 5.75 Å². The van der Waals surface area contributed by atoms with E-state index in [9.17, 15) is 26.4 Å². The third-order valence-corrected chi connectivity index (χ3v) is 5.62. The summed E-state index contributed by atoms with van der Waals surface area (Å²) in [6.07, 6.45) is -4.64. The predicted molar refractivity (Wildman–Crippen MR) is 110 cm³/mol. The molecule has 2 N–H and O–H groups in total. The van der Waals surface area contributed by atoms with Gasteiger partial charge in [0.2, 0.25) is 0 Å². The topological polar surface area (TPSA) is 84.5 Å². The van der Waals surface area contributed by atoms with E-state index >= 15 is 0 Å². The Kier molecular flexibility index (Phi) is 6.21. The number of ether oxygens (including phenoxy) is 1. The van der Waals surface area contributed by atoms with Crippen molar-refractivity contribution >= 4 is 27.3 Å². The van der Waals surface area contributed by atoms with Crippen molar-refractivity contribution in [2.24, 2.45) is 0 Å². The zero-order valence-electron chi connectivity index (χ0n) is 16.1. The van der Waals surface area contributed by atoms with E-state index in [0.717, 1.165) is 12.1 Å². The standard InChI is InChI=1S/C21H17F3N2O4S/c1-30-16-9-11-17(12-10-16)31(28,29)26-15-6-4-5-14(13-15)20(27)25-19-8-3-2-7-18(19)21(22,23)24/h2-13,26H,1H3,(H,25,27). The third kappa shape index (κ3) is 5.34. The molecule has 0 aliphatic heterocycles. The molecule has 3 aromatic rings. The van der Waals surface area contributed by atoms with Gasteiger partial charge in [0, 0.05) is 11.3 Å². The summed E-state index contributed by atoms with van der Waals surface area (Å²) in [5.74, 6) is -0.334. The summed E-state index contributed by atoms with van der Waals surface area (Å²) in [7, 11) is -2.50. The molecule has 0 fully saturated rings. The van der Waals surface area contributed by atoms with E-state index in [1.54, 1.807) is 0 Å². The molecule has 0 bridgehead atoms. The van der Waals surface area contributed by atoms with Crippen LogP contribution >= 0.6 is 0 Å². The number of para-hydroxylation sites is 1. The lowest BCUT2D eigenvalue weighted by molar-refractivity contribution is -0.136.